The Balaban J connectivity index is 1.94. The zero-order chi connectivity index (χ0) is 15.3. The molecule has 0 aliphatic carbocycles. The van der Waals surface area contributed by atoms with E-state index in [-0.39, 0.29) is 24.3 Å². The molecule has 1 saturated heterocycles. The molecule has 1 aliphatic heterocycles. The van der Waals surface area contributed by atoms with Crippen molar-refractivity contribution in [2.75, 3.05) is 46.5 Å². The van der Waals surface area contributed by atoms with Gasteiger partial charge >= 0.3 is 0 Å². The van der Waals surface area contributed by atoms with E-state index in [1.54, 1.807) is 7.11 Å². The monoisotopic (exact) mass is 301 g/mol. The number of amides is 2. The van der Waals surface area contributed by atoms with Crippen LogP contribution in [0.3, 0.4) is 0 Å². The van der Waals surface area contributed by atoms with Crippen LogP contribution in [-0.4, -0.2) is 64.4 Å². The van der Waals surface area contributed by atoms with Gasteiger partial charge in [-0.1, -0.05) is 0 Å². The maximum absolute atomic E-state index is 11.6. The molecule has 3 N–H and O–H groups in total. The van der Waals surface area contributed by atoms with Crippen molar-refractivity contribution in [3.8, 4) is 0 Å². The molecular weight excluding hydrogens is 274 g/mol. The summed E-state index contributed by atoms with van der Waals surface area (Å²) in [5.74, 6) is -0.160. The van der Waals surface area contributed by atoms with Crippen molar-refractivity contribution in [3.05, 3.63) is 0 Å². The van der Waals surface area contributed by atoms with Gasteiger partial charge in [0.05, 0.1) is 19.3 Å². The van der Waals surface area contributed by atoms with E-state index in [0.29, 0.717) is 32.7 Å². The number of rotatable bonds is 10. The minimum absolute atomic E-state index is 0.0753. The third-order valence-electron chi connectivity index (χ3n) is 3.27. The molecule has 0 bridgehead atoms. The highest BCUT2D eigenvalue weighted by atomic mass is 16.5. The molecule has 1 fully saturated rings. The number of carbonyl (C=O) groups is 2. The summed E-state index contributed by atoms with van der Waals surface area (Å²) >= 11 is 0. The molecule has 1 heterocycles. The quantitative estimate of drug-likeness (QED) is 0.470. The lowest BCUT2D eigenvalue weighted by Gasteiger charge is -2.22. The van der Waals surface area contributed by atoms with Crippen LogP contribution >= 0.6 is 0 Å². The van der Waals surface area contributed by atoms with E-state index in [1.807, 2.05) is 0 Å². The van der Waals surface area contributed by atoms with Crippen LogP contribution in [-0.2, 0) is 19.1 Å². The maximum atomic E-state index is 11.6. The number of hydrogen-bond donors (Lipinski definition) is 3. The molecule has 2 amide bonds. The van der Waals surface area contributed by atoms with Gasteiger partial charge in [-0.3, -0.25) is 9.59 Å². The highest BCUT2D eigenvalue weighted by molar-refractivity contribution is 5.78. The maximum Gasteiger partial charge on any atom is 0.222 e. The van der Waals surface area contributed by atoms with Gasteiger partial charge in [0.25, 0.3) is 0 Å². The Morgan fingerprint density at radius 1 is 1.05 bits per heavy atom. The molecule has 0 atom stereocenters. The molecule has 122 valence electrons. The summed E-state index contributed by atoms with van der Waals surface area (Å²) in [4.78, 5) is 22.9. The lowest BCUT2D eigenvalue weighted by molar-refractivity contribution is -0.123. The van der Waals surface area contributed by atoms with E-state index in [1.165, 1.54) is 0 Å². The second kappa shape index (κ2) is 11.5. The molecule has 1 rings (SSSR count). The highest BCUT2D eigenvalue weighted by Crippen LogP contribution is 2.07. The number of nitrogens with one attached hydrogen (secondary N) is 3. The Hall–Kier alpha value is -1.18. The average Bonchev–Trinajstić information content (AvgIpc) is 2.48. The van der Waals surface area contributed by atoms with Gasteiger partial charge in [0, 0.05) is 33.0 Å². The lowest BCUT2D eigenvalue weighted by Crippen LogP contribution is -2.34. The standard InChI is InChI=1S/C14H27N3O4/c1-20-11-9-17-13(18)4-8-16-14(19)5-10-21-12-2-6-15-7-3-12/h12,15H,2-11H2,1H3,(H,16,19)(H,17,18). The van der Waals surface area contributed by atoms with Gasteiger partial charge < -0.3 is 25.4 Å². The van der Waals surface area contributed by atoms with E-state index in [2.05, 4.69) is 16.0 Å². The molecule has 7 heteroatoms. The Morgan fingerprint density at radius 3 is 2.43 bits per heavy atom. The fraction of sp³-hybridized carbons (Fsp3) is 0.857. The number of hydrogen-bond acceptors (Lipinski definition) is 5. The fourth-order valence-corrected chi connectivity index (χ4v) is 2.07. The van der Waals surface area contributed by atoms with Crippen molar-refractivity contribution in [3.63, 3.8) is 0 Å². The molecule has 7 nitrogen and oxygen atoms in total. The minimum Gasteiger partial charge on any atom is -0.383 e. The average molecular weight is 301 g/mol. The molecule has 1 aliphatic rings. The summed E-state index contributed by atoms with van der Waals surface area (Å²) in [5.41, 5.74) is 0. The summed E-state index contributed by atoms with van der Waals surface area (Å²) in [6.45, 7) is 3.74. The SMILES string of the molecule is COCCNC(=O)CCNC(=O)CCOC1CCNCC1. The molecule has 0 saturated carbocycles. The van der Waals surface area contributed by atoms with E-state index in [9.17, 15) is 9.59 Å². The first-order valence-corrected chi connectivity index (χ1v) is 7.57. The first kappa shape index (κ1) is 17.9. The molecule has 0 aromatic heterocycles. The molecule has 0 aromatic rings. The molecule has 21 heavy (non-hydrogen) atoms. The van der Waals surface area contributed by atoms with Gasteiger partial charge in [-0.05, 0) is 25.9 Å². The van der Waals surface area contributed by atoms with Crippen LogP contribution in [0.25, 0.3) is 0 Å². The molecule has 0 unspecified atom stereocenters. The van der Waals surface area contributed by atoms with E-state index >= 15 is 0 Å². The number of methoxy groups -OCH3 is 1. The van der Waals surface area contributed by atoms with Gasteiger partial charge in [0.1, 0.15) is 0 Å². The fourth-order valence-electron chi connectivity index (χ4n) is 2.07. The largest absolute Gasteiger partial charge is 0.383 e. The summed E-state index contributed by atoms with van der Waals surface area (Å²) in [5, 5.41) is 8.68. The molecule has 0 radical (unpaired) electrons. The minimum atomic E-state index is -0.0849. The van der Waals surface area contributed by atoms with Crippen LogP contribution in [0.2, 0.25) is 0 Å². The summed E-state index contributed by atoms with van der Waals surface area (Å²) < 4.78 is 10.5. The Morgan fingerprint density at radius 2 is 1.71 bits per heavy atom. The van der Waals surface area contributed by atoms with Gasteiger partial charge in [-0.15, -0.1) is 0 Å². The van der Waals surface area contributed by atoms with Gasteiger partial charge in [0.15, 0.2) is 0 Å². The van der Waals surface area contributed by atoms with Crippen molar-refractivity contribution >= 4 is 11.8 Å². The van der Waals surface area contributed by atoms with Crippen molar-refractivity contribution in [2.24, 2.45) is 0 Å². The number of carbonyl (C=O) groups excluding carboxylic acids is 2. The van der Waals surface area contributed by atoms with Crippen LogP contribution in [0, 0.1) is 0 Å². The van der Waals surface area contributed by atoms with Gasteiger partial charge in [-0.25, -0.2) is 0 Å². The molecule has 0 spiro atoms. The van der Waals surface area contributed by atoms with Gasteiger partial charge in [-0.2, -0.15) is 0 Å². The summed E-state index contributed by atoms with van der Waals surface area (Å²) in [6.07, 6.45) is 2.90. The van der Waals surface area contributed by atoms with Crippen molar-refractivity contribution in [2.45, 2.75) is 31.8 Å². The van der Waals surface area contributed by atoms with Crippen LogP contribution in [0.15, 0.2) is 0 Å². The Labute approximate surface area is 126 Å². The molecule has 0 aromatic carbocycles. The van der Waals surface area contributed by atoms with Crippen molar-refractivity contribution in [1.82, 2.24) is 16.0 Å². The van der Waals surface area contributed by atoms with Crippen LogP contribution in [0.4, 0.5) is 0 Å². The van der Waals surface area contributed by atoms with Crippen LogP contribution < -0.4 is 16.0 Å². The van der Waals surface area contributed by atoms with E-state index < -0.39 is 0 Å². The lowest BCUT2D eigenvalue weighted by atomic mass is 10.1. The smallest absolute Gasteiger partial charge is 0.222 e. The Kier molecular flexibility index (Phi) is 9.77. The second-order valence-corrected chi connectivity index (χ2v) is 5.01. The Bertz CT molecular complexity index is 307. The van der Waals surface area contributed by atoms with Crippen LogP contribution in [0.1, 0.15) is 25.7 Å². The normalized spacial score (nSPS) is 15.7. The number of piperidine rings is 1. The first-order valence-electron chi connectivity index (χ1n) is 7.57. The highest BCUT2D eigenvalue weighted by Gasteiger charge is 2.13. The third-order valence-corrected chi connectivity index (χ3v) is 3.27. The summed E-state index contributed by atoms with van der Waals surface area (Å²) in [7, 11) is 1.58. The van der Waals surface area contributed by atoms with E-state index in [4.69, 9.17) is 9.47 Å². The third kappa shape index (κ3) is 9.38. The zero-order valence-corrected chi connectivity index (χ0v) is 12.8. The number of ether oxygens (including phenoxy) is 2. The zero-order valence-electron chi connectivity index (χ0n) is 12.8. The van der Waals surface area contributed by atoms with E-state index in [0.717, 1.165) is 25.9 Å². The van der Waals surface area contributed by atoms with Crippen molar-refractivity contribution < 1.29 is 19.1 Å². The molecular formula is C14H27N3O4. The first-order chi connectivity index (χ1) is 10.2. The second-order valence-electron chi connectivity index (χ2n) is 5.01. The predicted molar refractivity (Wildman–Crippen MR) is 79.0 cm³/mol. The van der Waals surface area contributed by atoms with Crippen molar-refractivity contribution in [1.29, 1.82) is 0 Å². The topological polar surface area (TPSA) is 88.7 Å². The summed E-state index contributed by atoms with van der Waals surface area (Å²) in [6, 6.07) is 0. The van der Waals surface area contributed by atoms with Crippen LogP contribution in [0.5, 0.6) is 0 Å². The van der Waals surface area contributed by atoms with Gasteiger partial charge in [0.2, 0.25) is 11.8 Å². The predicted octanol–water partition coefficient (Wildman–Crippen LogP) is -0.586.